The van der Waals surface area contributed by atoms with E-state index in [-0.39, 0.29) is 21.5 Å². The largest absolute Gasteiger partial charge is 0.484 e. The number of nitrogens with zero attached hydrogens (tertiary/aromatic N) is 1. The highest BCUT2D eigenvalue weighted by molar-refractivity contribution is 9.10. The van der Waals surface area contributed by atoms with E-state index in [4.69, 9.17) is 4.74 Å². The Kier molecular flexibility index (Phi) is 6.57. The average Bonchev–Trinajstić information content (AvgIpc) is 2.64. The van der Waals surface area contributed by atoms with Gasteiger partial charge in [0.2, 0.25) is 0 Å². The number of ether oxygens (including phenoxy) is 1. The Balaban J connectivity index is 1.90. The molecular weight excluding hydrogens is 451 g/mol. The van der Waals surface area contributed by atoms with Crippen LogP contribution in [0.3, 0.4) is 0 Å². The van der Waals surface area contributed by atoms with Crippen molar-refractivity contribution in [2.75, 3.05) is 6.61 Å². The van der Waals surface area contributed by atoms with Gasteiger partial charge >= 0.3 is 6.18 Å². The molecule has 0 fully saturated rings. The standard InChI is InChI=1S/C16H11BrF3N3O5/c17-12-5-4-9(6-13(12)23(26)27)15(25)22-21-14(24)8-28-11-3-1-2-10(7-11)16(18,19)20/h1-7H,8H2,(H,21,24)(H,22,25). The quantitative estimate of drug-likeness (QED) is 0.524. The molecule has 2 aromatic rings. The lowest BCUT2D eigenvalue weighted by molar-refractivity contribution is -0.385. The molecule has 0 spiro atoms. The van der Waals surface area contributed by atoms with Crippen molar-refractivity contribution in [2.45, 2.75) is 6.18 Å². The first-order valence-corrected chi connectivity index (χ1v) is 8.20. The first-order chi connectivity index (χ1) is 13.1. The molecule has 12 heteroatoms. The number of amides is 2. The van der Waals surface area contributed by atoms with Crippen LogP contribution in [0.15, 0.2) is 46.9 Å². The predicted molar refractivity (Wildman–Crippen MR) is 93.3 cm³/mol. The van der Waals surface area contributed by atoms with Crippen LogP contribution in [0.4, 0.5) is 18.9 Å². The summed E-state index contributed by atoms with van der Waals surface area (Å²) in [6, 6.07) is 7.53. The van der Waals surface area contributed by atoms with Gasteiger partial charge in [-0.3, -0.25) is 30.6 Å². The lowest BCUT2D eigenvalue weighted by Gasteiger charge is -2.11. The first kappa shape index (κ1) is 21.2. The second-order valence-corrected chi connectivity index (χ2v) is 6.09. The number of alkyl halides is 3. The van der Waals surface area contributed by atoms with Crippen molar-refractivity contribution in [3.05, 3.63) is 68.2 Å². The Hall–Kier alpha value is -3.15. The molecule has 28 heavy (non-hydrogen) atoms. The second-order valence-electron chi connectivity index (χ2n) is 5.24. The Labute approximate surface area is 163 Å². The lowest BCUT2D eigenvalue weighted by Crippen LogP contribution is -2.43. The van der Waals surface area contributed by atoms with Gasteiger partial charge in [-0.1, -0.05) is 6.07 Å². The summed E-state index contributed by atoms with van der Waals surface area (Å²) in [6.07, 6.45) is -4.55. The van der Waals surface area contributed by atoms with E-state index in [9.17, 15) is 32.9 Å². The zero-order valence-electron chi connectivity index (χ0n) is 13.7. The van der Waals surface area contributed by atoms with Gasteiger partial charge in [0, 0.05) is 11.6 Å². The van der Waals surface area contributed by atoms with Gasteiger partial charge in [-0.25, -0.2) is 0 Å². The fourth-order valence-corrected chi connectivity index (χ4v) is 2.33. The topological polar surface area (TPSA) is 111 Å². The van der Waals surface area contributed by atoms with Crippen LogP contribution >= 0.6 is 15.9 Å². The molecule has 2 aromatic carbocycles. The smallest absolute Gasteiger partial charge is 0.416 e. The van der Waals surface area contributed by atoms with Gasteiger partial charge in [0.05, 0.1) is 15.0 Å². The average molecular weight is 462 g/mol. The molecule has 0 saturated carbocycles. The third-order valence-corrected chi connectivity index (χ3v) is 3.92. The van der Waals surface area contributed by atoms with E-state index in [0.29, 0.717) is 0 Å². The van der Waals surface area contributed by atoms with E-state index >= 15 is 0 Å². The molecule has 0 aliphatic rings. The number of hydrazine groups is 1. The number of halogens is 4. The van der Waals surface area contributed by atoms with Gasteiger partial charge in [0.1, 0.15) is 5.75 Å². The lowest BCUT2D eigenvalue weighted by atomic mass is 10.2. The number of nitro groups is 1. The highest BCUT2D eigenvalue weighted by Crippen LogP contribution is 2.31. The predicted octanol–water partition coefficient (Wildman–Crippen LogP) is 3.22. The maximum Gasteiger partial charge on any atom is 0.416 e. The number of rotatable bonds is 5. The van der Waals surface area contributed by atoms with Crippen LogP contribution in [0, 0.1) is 10.1 Å². The van der Waals surface area contributed by atoms with E-state index < -0.39 is 35.1 Å². The number of nitrogens with one attached hydrogen (secondary N) is 2. The maximum atomic E-state index is 12.6. The molecule has 0 aliphatic carbocycles. The minimum atomic E-state index is -4.55. The first-order valence-electron chi connectivity index (χ1n) is 7.41. The van der Waals surface area contributed by atoms with Crippen LogP contribution in [0.1, 0.15) is 15.9 Å². The van der Waals surface area contributed by atoms with Crippen molar-refractivity contribution >= 4 is 33.4 Å². The SMILES string of the molecule is O=C(COc1cccc(C(F)(F)F)c1)NNC(=O)c1ccc(Br)c([N+](=O)[O-])c1. The summed E-state index contributed by atoms with van der Waals surface area (Å²) >= 11 is 2.97. The van der Waals surface area contributed by atoms with Crippen molar-refractivity contribution in [1.82, 2.24) is 10.9 Å². The number of hydrogen-bond acceptors (Lipinski definition) is 5. The van der Waals surface area contributed by atoms with Gasteiger partial charge in [0.15, 0.2) is 6.61 Å². The van der Waals surface area contributed by atoms with Crippen LogP contribution < -0.4 is 15.6 Å². The highest BCUT2D eigenvalue weighted by atomic mass is 79.9. The number of benzene rings is 2. The van der Waals surface area contributed by atoms with E-state index in [1.54, 1.807) is 0 Å². The third-order valence-electron chi connectivity index (χ3n) is 3.25. The number of nitro benzene ring substituents is 1. The number of carbonyl (C=O) groups is 2. The fourth-order valence-electron chi connectivity index (χ4n) is 1.94. The second kappa shape index (κ2) is 8.69. The van der Waals surface area contributed by atoms with Crippen LogP contribution in [-0.2, 0) is 11.0 Å². The van der Waals surface area contributed by atoms with E-state index in [1.165, 1.54) is 18.2 Å². The van der Waals surface area contributed by atoms with E-state index in [0.717, 1.165) is 24.3 Å². The molecule has 0 unspecified atom stereocenters. The number of carbonyl (C=O) groups excluding carboxylic acids is 2. The molecule has 0 saturated heterocycles. The summed E-state index contributed by atoms with van der Waals surface area (Å²) in [4.78, 5) is 33.8. The Morgan fingerprint density at radius 3 is 2.50 bits per heavy atom. The number of hydrogen-bond donors (Lipinski definition) is 2. The van der Waals surface area contributed by atoms with Crippen molar-refractivity contribution in [3.8, 4) is 5.75 Å². The molecule has 0 bridgehead atoms. The third kappa shape index (κ3) is 5.67. The van der Waals surface area contributed by atoms with Gasteiger partial charge in [-0.2, -0.15) is 13.2 Å². The van der Waals surface area contributed by atoms with E-state index in [1.807, 2.05) is 10.9 Å². The summed E-state index contributed by atoms with van der Waals surface area (Å²) in [5.41, 5.74) is 2.65. The van der Waals surface area contributed by atoms with Crippen LogP contribution in [-0.4, -0.2) is 23.3 Å². The van der Waals surface area contributed by atoms with Crippen LogP contribution in [0.25, 0.3) is 0 Å². The van der Waals surface area contributed by atoms with Gasteiger partial charge in [0.25, 0.3) is 17.5 Å². The van der Waals surface area contributed by atoms with Crippen molar-refractivity contribution in [3.63, 3.8) is 0 Å². The monoisotopic (exact) mass is 461 g/mol. The molecule has 0 atom stereocenters. The highest BCUT2D eigenvalue weighted by Gasteiger charge is 2.30. The molecule has 148 valence electrons. The Morgan fingerprint density at radius 1 is 1.14 bits per heavy atom. The normalized spacial score (nSPS) is 10.9. The van der Waals surface area contributed by atoms with Gasteiger partial charge in [-0.15, -0.1) is 0 Å². The van der Waals surface area contributed by atoms with Crippen molar-refractivity contribution in [1.29, 1.82) is 0 Å². The molecule has 2 rings (SSSR count). The van der Waals surface area contributed by atoms with Crippen LogP contribution in [0.2, 0.25) is 0 Å². The molecule has 0 aromatic heterocycles. The summed E-state index contributed by atoms with van der Waals surface area (Å²) < 4.78 is 43.0. The Morgan fingerprint density at radius 2 is 1.86 bits per heavy atom. The molecular formula is C16H11BrF3N3O5. The van der Waals surface area contributed by atoms with Crippen molar-refractivity contribution in [2.24, 2.45) is 0 Å². The molecule has 0 aliphatic heterocycles. The van der Waals surface area contributed by atoms with Crippen LogP contribution in [0.5, 0.6) is 5.75 Å². The molecule has 2 N–H and O–H groups in total. The minimum absolute atomic E-state index is 0.0889. The zero-order valence-corrected chi connectivity index (χ0v) is 15.3. The summed E-state index contributed by atoms with van der Waals surface area (Å²) in [5.74, 6) is -1.86. The zero-order chi connectivity index (χ0) is 20.9. The van der Waals surface area contributed by atoms with E-state index in [2.05, 4.69) is 15.9 Å². The maximum absolute atomic E-state index is 12.6. The summed E-state index contributed by atoms with van der Waals surface area (Å²) in [5, 5.41) is 10.9. The van der Waals surface area contributed by atoms with Gasteiger partial charge in [-0.05, 0) is 46.3 Å². The van der Waals surface area contributed by atoms with Crippen molar-refractivity contribution < 1.29 is 32.4 Å². The summed E-state index contributed by atoms with van der Waals surface area (Å²) in [6.45, 7) is -0.665. The molecule has 0 heterocycles. The molecule has 0 radical (unpaired) electrons. The fraction of sp³-hybridized carbons (Fsp3) is 0.125. The Bertz CT molecular complexity index is 921. The molecule has 2 amide bonds. The summed E-state index contributed by atoms with van der Waals surface area (Å²) in [7, 11) is 0. The molecule has 8 nitrogen and oxygen atoms in total. The van der Waals surface area contributed by atoms with Gasteiger partial charge < -0.3 is 4.74 Å². The minimum Gasteiger partial charge on any atom is -0.484 e.